The van der Waals surface area contributed by atoms with Crippen LogP contribution in [0.5, 0.6) is 0 Å². The van der Waals surface area contributed by atoms with Gasteiger partial charge in [0.15, 0.2) is 0 Å². The second-order valence-electron chi connectivity index (χ2n) is 10.1. The summed E-state index contributed by atoms with van der Waals surface area (Å²) in [5.41, 5.74) is 0.380. The molecule has 2 aliphatic carbocycles. The van der Waals surface area contributed by atoms with E-state index in [4.69, 9.17) is 9.47 Å². The van der Waals surface area contributed by atoms with E-state index >= 15 is 0 Å². The first-order valence-corrected chi connectivity index (χ1v) is 11.3. The maximum atomic E-state index is 12.6. The van der Waals surface area contributed by atoms with Gasteiger partial charge in [-0.3, -0.25) is 9.59 Å². The first-order valence-electron chi connectivity index (χ1n) is 11.3. The molecule has 28 heavy (non-hydrogen) atoms. The molecule has 0 radical (unpaired) electrons. The fraction of sp³-hybridized carbons (Fsp3) is 0.909. The topological polar surface area (TPSA) is 71.2 Å². The zero-order valence-electron chi connectivity index (χ0n) is 17.1. The molecule has 0 bridgehead atoms. The SMILES string of the molecule is C[C@]12CCC[C@]3(CO3)[C@H]1C[C@H]1[C@@H](C2)OC(=O)[C@@H]1CNCCCN1CCCC1=O. The van der Waals surface area contributed by atoms with E-state index in [9.17, 15) is 9.59 Å². The Kier molecular flexibility index (Phi) is 4.70. The lowest BCUT2D eigenvalue weighted by atomic mass is 9.53. The highest BCUT2D eigenvalue weighted by atomic mass is 16.6. The van der Waals surface area contributed by atoms with Crippen LogP contribution in [0.1, 0.15) is 58.3 Å². The van der Waals surface area contributed by atoms with Gasteiger partial charge in [-0.2, -0.15) is 0 Å². The third-order valence-electron chi connectivity index (χ3n) is 8.40. The molecule has 0 unspecified atom stereocenters. The summed E-state index contributed by atoms with van der Waals surface area (Å²) >= 11 is 0. The standard InChI is InChI=1S/C22H34N2O4/c1-21-6-3-7-22(14-27-22)18(21)11-15-16(20(26)28-17(15)12-21)13-23-8-4-10-24-9-2-5-19(24)25/h15-18,23H,2-14H2,1H3/t15-,16-,17-,18+,21-,22+/m1/s1. The molecule has 0 aromatic rings. The number of likely N-dealkylation sites (tertiary alicyclic amines) is 1. The van der Waals surface area contributed by atoms with E-state index in [-0.39, 0.29) is 34.9 Å². The third kappa shape index (κ3) is 3.17. The van der Waals surface area contributed by atoms with Crippen molar-refractivity contribution in [2.75, 3.05) is 32.8 Å². The molecule has 0 aromatic carbocycles. The number of amides is 1. The average Bonchev–Trinajstić information content (AvgIpc) is 3.20. The van der Waals surface area contributed by atoms with Gasteiger partial charge in [0.05, 0.1) is 18.1 Å². The summed E-state index contributed by atoms with van der Waals surface area (Å²) in [6, 6.07) is 0. The van der Waals surface area contributed by atoms with Gasteiger partial charge in [-0.1, -0.05) is 6.92 Å². The number of esters is 1. The van der Waals surface area contributed by atoms with Crippen LogP contribution >= 0.6 is 0 Å². The van der Waals surface area contributed by atoms with Crippen LogP contribution in [0, 0.1) is 23.2 Å². The maximum Gasteiger partial charge on any atom is 0.310 e. The second kappa shape index (κ2) is 6.98. The van der Waals surface area contributed by atoms with E-state index in [1.54, 1.807) is 0 Å². The van der Waals surface area contributed by atoms with Crippen LogP contribution in [0.4, 0.5) is 0 Å². The van der Waals surface area contributed by atoms with Crippen LogP contribution < -0.4 is 5.32 Å². The van der Waals surface area contributed by atoms with Crippen molar-refractivity contribution < 1.29 is 19.1 Å². The van der Waals surface area contributed by atoms with Gasteiger partial charge in [-0.15, -0.1) is 0 Å². The van der Waals surface area contributed by atoms with Gasteiger partial charge in [-0.25, -0.2) is 0 Å². The molecule has 5 rings (SSSR count). The van der Waals surface area contributed by atoms with E-state index in [0.29, 0.717) is 24.8 Å². The van der Waals surface area contributed by atoms with Crippen molar-refractivity contribution in [3.8, 4) is 0 Å². The van der Waals surface area contributed by atoms with Crippen molar-refractivity contribution >= 4 is 11.9 Å². The maximum absolute atomic E-state index is 12.6. The zero-order valence-corrected chi connectivity index (χ0v) is 17.1. The number of rotatable bonds is 6. The Hall–Kier alpha value is -1.14. The predicted molar refractivity (Wildman–Crippen MR) is 104 cm³/mol. The minimum absolute atomic E-state index is 0.00904. The molecule has 1 N–H and O–H groups in total. The number of carbonyl (C=O) groups is 2. The van der Waals surface area contributed by atoms with Crippen molar-refractivity contribution in [3.63, 3.8) is 0 Å². The van der Waals surface area contributed by atoms with Gasteiger partial charge in [-0.05, 0) is 62.8 Å². The minimum Gasteiger partial charge on any atom is -0.462 e. The fourth-order valence-corrected chi connectivity index (χ4v) is 6.78. The number of fused-ring (bicyclic) bond motifs is 3. The smallest absolute Gasteiger partial charge is 0.310 e. The number of hydrogen-bond donors (Lipinski definition) is 1. The van der Waals surface area contributed by atoms with Crippen LogP contribution in [0.15, 0.2) is 0 Å². The number of nitrogens with zero attached hydrogens (tertiary/aromatic N) is 1. The van der Waals surface area contributed by atoms with Crippen LogP contribution in [0.2, 0.25) is 0 Å². The molecule has 3 saturated heterocycles. The molecule has 2 saturated carbocycles. The van der Waals surface area contributed by atoms with Gasteiger partial charge in [0.2, 0.25) is 5.91 Å². The normalized spacial score (nSPS) is 44.5. The largest absolute Gasteiger partial charge is 0.462 e. The van der Waals surface area contributed by atoms with E-state index in [2.05, 4.69) is 12.2 Å². The van der Waals surface area contributed by atoms with Gasteiger partial charge in [0.25, 0.3) is 0 Å². The Labute approximate surface area is 167 Å². The van der Waals surface area contributed by atoms with E-state index in [0.717, 1.165) is 51.9 Å². The summed E-state index contributed by atoms with van der Waals surface area (Å²) < 4.78 is 11.8. The molecule has 1 spiro atoms. The molecule has 1 amide bonds. The predicted octanol–water partition coefficient (Wildman–Crippen LogP) is 2.12. The van der Waals surface area contributed by atoms with Gasteiger partial charge >= 0.3 is 5.97 Å². The quantitative estimate of drug-likeness (QED) is 0.427. The second-order valence-corrected chi connectivity index (χ2v) is 10.1. The molecule has 3 aliphatic heterocycles. The molecule has 5 fully saturated rings. The molecule has 156 valence electrons. The van der Waals surface area contributed by atoms with Crippen molar-refractivity contribution in [3.05, 3.63) is 0 Å². The summed E-state index contributed by atoms with van der Waals surface area (Å²) in [5.74, 6) is 1.16. The van der Waals surface area contributed by atoms with E-state index in [1.165, 1.54) is 19.3 Å². The lowest BCUT2D eigenvalue weighted by molar-refractivity contribution is -0.147. The van der Waals surface area contributed by atoms with Crippen LogP contribution in [0.25, 0.3) is 0 Å². The van der Waals surface area contributed by atoms with Crippen molar-refractivity contribution in [2.45, 2.75) is 70.0 Å². The number of epoxide rings is 1. The molecule has 6 nitrogen and oxygen atoms in total. The molecule has 6 atom stereocenters. The van der Waals surface area contributed by atoms with Gasteiger partial charge in [0.1, 0.15) is 6.10 Å². The van der Waals surface area contributed by atoms with Gasteiger partial charge < -0.3 is 19.7 Å². The summed E-state index contributed by atoms with van der Waals surface area (Å²) in [5, 5.41) is 3.48. The Morgan fingerprint density at radius 3 is 2.86 bits per heavy atom. The monoisotopic (exact) mass is 390 g/mol. The van der Waals surface area contributed by atoms with Crippen LogP contribution in [-0.2, 0) is 19.1 Å². The molecule has 3 heterocycles. The number of ether oxygens (including phenoxy) is 2. The molecular weight excluding hydrogens is 356 g/mol. The van der Waals surface area contributed by atoms with E-state index in [1.807, 2.05) is 4.90 Å². The Balaban J connectivity index is 1.15. The number of hydrogen-bond acceptors (Lipinski definition) is 5. The highest BCUT2D eigenvalue weighted by Crippen LogP contribution is 2.62. The Morgan fingerprint density at radius 1 is 1.25 bits per heavy atom. The molecule has 5 aliphatic rings. The molecule has 6 heteroatoms. The average molecular weight is 391 g/mol. The number of carbonyl (C=O) groups excluding carboxylic acids is 2. The first kappa shape index (κ1) is 18.9. The minimum atomic E-state index is -0.0271. The third-order valence-corrected chi connectivity index (χ3v) is 8.40. The Morgan fingerprint density at radius 2 is 2.11 bits per heavy atom. The molecular formula is C22H34N2O4. The van der Waals surface area contributed by atoms with Crippen molar-refractivity contribution in [2.24, 2.45) is 23.2 Å². The lowest BCUT2D eigenvalue weighted by Gasteiger charge is -2.51. The fourth-order valence-electron chi connectivity index (χ4n) is 6.78. The lowest BCUT2D eigenvalue weighted by Crippen LogP contribution is -2.51. The Bertz CT molecular complexity index is 648. The summed E-state index contributed by atoms with van der Waals surface area (Å²) in [7, 11) is 0. The van der Waals surface area contributed by atoms with Crippen molar-refractivity contribution in [1.82, 2.24) is 10.2 Å². The van der Waals surface area contributed by atoms with E-state index < -0.39 is 0 Å². The number of nitrogens with one attached hydrogen (secondary N) is 1. The molecule has 0 aromatic heterocycles. The summed E-state index contributed by atoms with van der Waals surface area (Å²) in [6.45, 7) is 6.59. The summed E-state index contributed by atoms with van der Waals surface area (Å²) in [6.07, 6.45) is 8.48. The highest BCUT2D eigenvalue weighted by molar-refractivity contribution is 5.78. The highest BCUT2D eigenvalue weighted by Gasteiger charge is 2.64. The zero-order chi connectivity index (χ0) is 19.4. The van der Waals surface area contributed by atoms with Crippen LogP contribution in [-0.4, -0.2) is 61.3 Å². The van der Waals surface area contributed by atoms with Gasteiger partial charge in [0, 0.05) is 32.0 Å². The first-order chi connectivity index (χ1) is 13.5. The summed E-state index contributed by atoms with van der Waals surface area (Å²) in [4.78, 5) is 26.2. The van der Waals surface area contributed by atoms with Crippen LogP contribution in [0.3, 0.4) is 0 Å². The van der Waals surface area contributed by atoms with Crippen molar-refractivity contribution in [1.29, 1.82) is 0 Å².